The van der Waals surface area contributed by atoms with Gasteiger partial charge in [-0.15, -0.1) is 0 Å². The first-order chi connectivity index (χ1) is 6.85. The van der Waals surface area contributed by atoms with E-state index in [0.717, 1.165) is 0 Å². The zero-order chi connectivity index (χ0) is 11.9. The minimum Gasteiger partial charge on any atom is -0.395 e. The van der Waals surface area contributed by atoms with Crippen LogP contribution in [-0.2, 0) is 9.59 Å². The molecular formula is C10H20N2O3. The molecule has 0 aliphatic carbocycles. The second-order valence-corrected chi connectivity index (χ2v) is 4.37. The van der Waals surface area contributed by atoms with E-state index in [9.17, 15) is 9.59 Å². The van der Waals surface area contributed by atoms with Gasteiger partial charge in [0.05, 0.1) is 6.61 Å². The fourth-order valence-electron chi connectivity index (χ4n) is 0.992. The molecule has 0 spiro atoms. The molecule has 0 radical (unpaired) electrons. The van der Waals surface area contributed by atoms with Crippen molar-refractivity contribution in [1.82, 2.24) is 10.6 Å². The number of amides is 2. The van der Waals surface area contributed by atoms with Crippen LogP contribution in [-0.4, -0.2) is 35.6 Å². The monoisotopic (exact) mass is 216 g/mol. The number of rotatable bonds is 5. The van der Waals surface area contributed by atoms with Crippen LogP contribution in [0.5, 0.6) is 0 Å². The van der Waals surface area contributed by atoms with Gasteiger partial charge < -0.3 is 15.7 Å². The van der Waals surface area contributed by atoms with Crippen molar-refractivity contribution in [3.63, 3.8) is 0 Å². The Morgan fingerprint density at radius 3 is 2.13 bits per heavy atom. The van der Waals surface area contributed by atoms with Gasteiger partial charge in [0.1, 0.15) is 0 Å². The summed E-state index contributed by atoms with van der Waals surface area (Å²) < 4.78 is 0. The first-order valence-corrected chi connectivity index (χ1v) is 5.04. The third kappa shape index (κ3) is 9.21. The lowest BCUT2D eigenvalue weighted by Gasteiger charge is -2.20. The second kappa shape index (κ2) is 6.40. The van der Waals surface area contributed by atoms with E-state index in [1.807, 2.05) is 20.8 Å². The van der Waals surface area contributed by atoms with E-state index < -0.39 is 0 Å². The molecule has 0 heterocycles. The molecule has 88 valence electrons. The number of hydrogen-bond acceptors (Lipinski definition) is 3. The first-order valence-electron chi connectivity index (χ1n) is 5.04. The van der Waals surface area contributed by atoms with Crippen molar-refractivity contribution < 1.29 is 14.7 Å². The fraction of sp³-hybridized carbons (Fsp3) is 0.800. The topological polar surface area (TPSA) is 78.4 Å². The molecule has 2 amide bonds. The lowest BCUT2D eigenvalue weighted by atomic mass is 10.1. The quantitative estimate of drug-likeness (QED) is 0.595. The van der Waals surface area contributed by atoms with Gasteiger partial charge in [-0.05, 0) is 20.8 Å². The van der Waals surface area contributed by atoms with Gasteiger partial charge in [0.2, 0.25) is 11.8 Å². The van der Waals surface area contributed by atoms with Gasteiger partial charge in [-0.2, -0.15) is 0 Å². The van der Waals surface area contributed by atoms with Crippen LogP contribution in [0.3, 0.4) is 0 Å². The molecule has 0 aromatic heterocycles. The van der Waals surface area contributed by atoms with Crippen molar-refractivity contribution >= 4 is 11.8 Å². The predicted molar refractivity (Wildman–Crippen MR) is 57.2 cm³/mol. The number of carbonyl (C=O) groups is 2. The first kappa shape index (κ1) is 13.9. The Morgan fingerprint density at radius 2 is 1.67 bits per heavy atom. The van der Waals surface area contributed by atoms with E-state index >= 15 is 0 Å². The maximum absolute atomic E-state index is 11.3. The van der Waals surface area contributed by atoms with Gasteiger partial charge >= 0.3 is 0 Å². The lowest BCUT2D eigenvalue weighted by molar-refractivity contribution is -0.127. The molecule has 0 saturated carbocycles. The zero-order valence-corrected chi connectivity index (χ0v) is 9.59. The second-order valence-electron chi connectivity index (χ2n) is 4.37. The molecule has 0 saturated heterocycles. The average molecular weight is 216 g/mol. The Kier molecular flexibility index (Phi) is 5.93. The maximum Gasteiger partial charge on any atom is 0.220 e. The van der Waals surface area contributed by atoms with Crippen molar-refractivity contribution in [1.29, 1.82) is 0 Å². The molecule has 0 aromatic rings. The molecule has 0 aromatic carbocycles. The van der Waals surface area contributed by atoms with E-state index in [-0.39, 0.29) is 43.3 Å². The van der Waals surface area contributed by atoms with Crippen molar-refractivity contribution in [3.8, 4) is 0 Å². The minimum absolute atomic E-state index is 0.0834. The molecule has 5 heteroatoms. The van der Waals surface area contributed by atoms with E-state index in [0.29, 0.717) is 0 Å². The van der Waals surface area contributed by atoms with Crippen LogP contribution in [0, 0.1) is 0 Å². The summed E-state index contributed by atoms with van der Waals surface area (Å²) in [7, 11) is 0. The average Bonchev–Trinajstić information content (AvgIpc) is 2.08. The van der Waals surface area contributed by atoms with Crippen molar-refractivity contribution in [2.24, 2.45) is 0 Å². The van der Waals surface area contributed by atoms with Crippen LogP contribution >= 0.6 is 0 Å². The number of nitrogens with one attached hydrogen (secondary N) is 2. The maximum atomic E-state index is 11.3. The van der Waals surface area contributed by atoms with Gasteiger partial charge in [0.25, 0.3) is 0 Å². The summed E-state index contributed by atoms with van der Waals surface area (Å²) in [5.74, 6) is -0.352. The summed E-state index contributed by atoms with van der Waals surface area (Å²) in [4.78, 5) is 22.4. The molecule has 3 N–H and O–H groups in total. The van der Waals surface area contributed by atoms with Gasteiger partial charge in [0, 0.05) is 24.9 Å². The van der Waals surface area contributed by atoms with Crippen molar-refractivity contribution in [2.75, 3.05) is 13.2 Å². The molecule has 5 nitrogen and oxygen atoms in total. The van der Waals surface area contributed by atoms with E-state index in [1.165, 1.54) is 0 Å². The highest BCUT2D eigenvalue weighted by Gasteiger charge is 2.14. The van der Waals surface area contributed by atoms with Gasteiger partial charge in [0.15, 0.2) is 0 Å². The van der Waals surface area contributed by atoms with Gasteiger partial charge in [-0.3, -0.25) is 9.59 Å². The summed E-state index contributed by atoms with van der Waals surface area (Å²) in [5, 5.41) is 13.7. The largest absolute Gasteiger partial charge is 0.395 e. The molecule has 0 atom stereocenters. The van der Waals surface area contributed by atoms with E-state index in [1.54, 1.807) is 0 Å². The highest BCUT2D eigenvalue weighted by Crippen LogP contribution is 2.00. The van der Waals surface area contributed by atoms with Crippen LogP contribution in [0.15, 0.2) is 0 Å². The summed E-state index contributed by atoms with van der Waals surface area (Å²) in [6, 6.07) is 0. The zero-order valence-electron chi connectivity index (χ0n) is 9.59. The molecule has 0 fully saturated rings. The standard InChI is InChI=1S/C10H20N2O3/c1-10(2,3)12-9(15)5-4-8(14)11-6-7-13/h13H,4-7H2,1-3H3,(H,11,14)(H,12,15). The molecular weight excluding hydrogens is 196 g/mol. The normalized spacial score (nSPS) is 10.9. The Morgan fingerprint density at radius 1 is 1.13 bits per heavy atom. The third-order valence-electron chi connectivity index (χ3n) is 1.53. The lowest BCUT2D eigenvalue weighted by Crippen LogP contribution is -2.41. The van der Waals surface area contributed by atoms with Crippen LogP contribution in [0.2, 0.25) is 0 Å². The smallest absolute Gasteiger partial charge is 0.220 e. The predicted octanol–water partition coefficient (Wildman–Crippen LogP) is -0.210. The summed E-state index contributed by atoms with van der Waals surface area (Å²) >= 11 is 0. The Labute approximate surface area is 90.2 Å². The van der Waals surface area contributed by atoms with Crippen molar-refractivity contribution in [2.45, 2.75) is 39.2 Å². The molecule has 0 rings (SSSR count). The van der Waals surface area contributed by atoms with Gasteiger partial charge in [-0.1, -0.05) is 0 Å². The molecule has 15 heavy (non-hydrogen) atoms. The molecule has 0 unspecified atom stereocenters. The van der Waals surface area contributed by atoms with E-state index in [4.69, 9.17) is 5.11 Å². The summed E-state index contributed by atoms with van der Waals surface area (Å²) in [6.45, 7) is 5.81. The number of aliphatic hydroxyl groups excluding tert-OH is 1. The fourth-order valence-corrected chi connectivity index (χ4v) is 0.992. The highest BCUT2D eigenvalue weighted by molar-refractivity contribution is 5.83. The van der Waals surface area contributed by atoms with Crippen LogP contribution in [0.4, 0.5) is 0 Å². The summed E-state index contributed by atoms with van der Waals surface area (Å²) in [6.07, 6.45) is 0.330. The number of aliphatic hydroxyl groups is 1. The van der Waals surface area contributed by atoms with Crippen LogP contribution < -0.4 is 10.6 Å². The Balaban J connectivity index is 3.67. The molecule has 0 aliphatic heterocycles. The Hall–Kier alpha value is -1.10. The van der Waals surface area contributed by atoms with Gasteiger partial charge in [-0.25, -0.2) is 0 Å². The van der Waals surface area contributed by atoms with Crippen molar-refractivity contribution in [3.05, 3.63) is 0 Å². The SMILES string of the molecule is CC(C)(C)NC(=O)CCC(=O)NCCO. The molecule has 0 bridgehead atoms. The highest BCUT2D eigenvalue weighted by atomic mass is 16.3. The van der Waals surface area contributed by atoms with Crippen LogP contribution in [0.1, 0.15) is 33.6 Å². The Bertz CT molecular complexity index is 221. The third-order valence-corrected chi connectivity index (χ3v) is 1.53. The molecule has 0 aliphatic rings. The number of hydrogen-bond donors (Lipinski definition) is 3. The minimum atomic E-state index is -0.265. The van der Waals surface area contributed by atoms with Crippen LogP contribution in [0.25, 0.3) is 0 Å². The number of carbonyl (C=O) groups excluding carboxylic acids is 2. The summed E-state index contributed by atoms with van der Waals surface area (Å²) in [5.41, 5.74) is -0.265. The van der Waals surface area contributed by atoms with E-state index in [2.05, 4.69) is 10.6 Å².